The van der Waals surface area contributed by atoms with Crippen molar-refractivity contribution in [1.82, 2.24) is 19.9 Å². The maximum Gasteiger partial charge on any atom is 0.256 e. The van der Waals surface area contributed by atoms with Gasteiger partial charge < -0.3 is 5.32 Å². The molecule has 3 aromatic rings. The minimum Gasteiger partial charge on any atom is -0.352 e. The summed E-state index contributed by atoms with van der Waals surface area (Å²) in [7, 11) is 0. The van der Waals surface area contributed by atoms with E-state index in [4.69, 9.17) is 0 Å². The highest BCUT2D eigenvalue weighted by Gasteiger charge is 2.18. The number of carbonyl (C=O) groups excluding carboxylic acids is 1. The number of carbonyl (C=O) groups is 1. The lowest BCUT2D eigenvalue weighted by molar-refractivity contribution is 0.0955. The summed E-state index contributed by atoms with van der Waals surface area (Å²) >= 11 is 0. The fourth-order valence-corrected chi connectivity index (χ4v) is 2.86. The summed E-state index contributed by atoms with van der Waals surface area (Å²) in [5, 5.41) is 7.27. The maximum atomic E-state index is 12.3. The van der Waals surface area contributed by atoms with E-state index in [1.807, 2.05) is 39.0 Å². The van der Waals surface area contributed by atoms with E-state index in [1.165, 1.54) is 5.56 Å². The van der Waals surface area contributed by atoms with Gasteiger partial charge >= 0.3 is 0 Å². The molecule has 5 heteroatoms. The van der Waals surface area contributed by atoms with E-state index in [9.17, 15) is 4.79 Å². The lowest BCUT2D eigenvalue weighted by atomic mass is 10.0. The van der Waals surface area contributed by atoms with Crippen LogP contribution in [0.3, 0.4) is 0 Å². The number of amides is 1. The van der Waals surface area contributed by atoms with Crippen molar-refractivity contribution in [3.05, 3.63) is 64.6 Å². The molecule has 0 saturated carbocycles. The van der Waals surface area contributed by atoms with Crippen molar-refractivity contribution >= 4 is 11.6 Å². The molecule has 1 aromatic carbocycles. The molecule has 0 atom stereocenters. The summed E-state index contributed by atoms with van der Waals surface area (Å²) in [5.74, 6) is -0.117. The van der Waals surface area contributed by atoms with Gasteiger partial charge in [-0.25, -0.2) is 9.50 Å². The van der Waals surface area contributed by atoms with Crippen molar-refractivity contribution < 1.29 is 4.79 Å². The van der Waals surface area contributed by atoms with Crippen LogP contribution in [0.4, 0.5) is 0 Å². The van der Waals surface area contributed by atoms with Gasteiger partial charge in [0.05, 0.1) is 6.20 Å². The zero-order chi connectivity index (χ0) is 17.1. The Hall–Kier alpha value is -2.69. The molecule has 2 heterocycles. The Labute approximate surface area is 141 Å². The van der Waals surface area contributed by atoms with Crippen molar-refractivity contribution in [2.45, 2.75) is 33.6 Å². The van der Waals surface area contributed by atoms with Crippen LogP contribution in [0.15, 0.2) is 36.5 Å². The number of nitrogens with one attached hydrogen (secondary N) is 1. The molecule has 0 unspecified atom stereocenters. The van der Waals surface area contributed by atoms with Gasteiger partial charge in [0.1, 0.15) is 5.56 Å². The van der Waals surface area contributed by atoms with Crippen LogP contribution in [0.5, 0.6) is 0 Å². The van der Waals surface area contributed by atoms with Crippen LogP contribution >= 0.6 is 0 Å². The summed E-state index contributed by atoms with van der Waals surface area (Å²) in [4.78, 5) is 16.9. The van der Waals surface area contributed by atoms with Gasteiger partial charge in [-0.05, 0) is 31.4 Å². The lowest BCUT2D eigenvalue weighted by Gasteiger charge is -2.11. The fraction of sp³-hybridized carbons (Fsp3) is 0.316. The van der Waals surface area contributed by atoms with Gasteiger partial charge in [-0.1, -0.05) is 37.3 Å². The zero-order valence-corrected chi connectivity index (χ0v) is 14.3. The number of benzene rings is 1. The first-order valence-corrected chi connectivity index (χ1v) is 8.27. The average Bonchev–Trinajstić information content (AvgIpc) is 3.01. The minimum absolute atomic E-state index is 0.117. The highest BCUT2D eigenvalue weighted by atomic mass is 16.1. The van der Waals surface area contributed by atoms with Gasteiger partial charge in [0, 0.05) is 24.4 Å². The van der Waals surface area contributed by atoms with Crippen LogP contribution in [0.25, 0.3) is 5.65 Å². The van der Waals surface area contributed by atoms with E-state index in [0.29, 0.717) is 17.8 Å². The Kier molecular flexibility index (Phi) is 4.60. The van der Waals surface area contributed by atoms with E-state index in [-0.39, 0.29) is 5.91 Å². The van der Waals surface area contributed by atoms with E-state index >= 15 is 0 Å². The number of aryl methyl sites for hydroxylation is 2. The molecule has 124 valence electrons. The van der Waals surface area contributed by atoms with Gasteiger partial charge in [-0.15, -0.1) is 0 Å². The molecule has 0 aliphatic carbocycles. The van der Waals surface area contributed by atoms with Crippen molar-refractivity contribution in [1.29, 1.82) is 0 Å². The molecule has 0 bridgehead atoms. The van der Waals surface area contributed by atoms with Crippen molar-refractivity contribution in [3.8, 4) is 0 Å². The molecule has 0 radical (unpaired) electrons. The number of nitrogens with zero attached hydrogens (tertiary/aromatic N) is 3. The molecule has 3 rings (SSSR count). The second kappa shape index (κ2) is 6.83. The van der Waals surface area contributed by atoms with E-state index in [1.54, 1.807) is 10.7 Å². The van der Waals surface area contributed by atoms with E-state index in [0.717, 1.165) is 29.8 Å². The quantitative estimate of drug-likeness (QED) is 0.785. The number of fused-ring (bicyclic) bond motifs is 1. The van der Waals surface area contributed by atoms with Crippen molar-refractivity contribution in [3.63, 3.8) is 0 Å². The van der Waals surface area contributed by atoms with Crippen molar-refractivity contribution in [2.75, 3.05) is 6.54 Å². The predicted molar refractivity (Wildman–Crippen MR) is 94.3 cm³/mol. The summed E-state index contributed by atoms with van der Waals surface area (Å²) < 4.78 is 1.77. The normalized spacial score (nSPS) is 11.0. The van der Waals surface area contributed by atoms with Gasteiger partial charge in [-0.2, -0.15) is 5.10 Å². The topological polar surface area (TPSA) is 59.3 Å². The summed E-state index contributed by atoms with van der Waals surface area (Å²) in [6.45, 7) is 6.70. The second-order valence-corrected chi connectivity index (χ2v) is 5.97. The highest BCUT2D eigenvalue weighted by Crippen LogP contribution is 2.20. The first kappa shape index (κ1) is 16.2. The Morgan fingerprint density at radius 2 is 1.96 bits per heavy atom. The highest BCUT2D eigenvalue weighted by molar-refractivity contribution is 5.99. The third-order valence-electron chi connectivity index (χ3n) is 4.21. The zero-order valence-electron chi connectivity index (χ0n) is 14.3. The van der Waals surface area contributed by atoms with Gasteiger partial charge in [0.25, 0.3) is 5.91 Å². The monoisotopic (exact) mass is 322 g/mol. The number of hydrogen-bond donors (Lipinski definition) is 1. The molecular formula is C19H22N4O. The van der Waals surface area contributed by atoms with Gasteiger partial charge in [-0.3, -0.25) is 4.79 Å². The molecule has 5 nitrogen and oxygen atoms in total. The third kappa shape index (κ3) is 3.02. The molecular weight excluding hydrogens is 300 g/mol. The number of aromatic nitrogens is 3. The Morgan fingerprint density at radius 1 is 1.21 bits per heavy atom. The van der Waals surface area contributed by atoms with Crippen LogP contribution in [0, 0.1) is 13.8 Å². The summed E-state index contributed by atoms with van der Waals surface area (Å²) in [6, 6.07) is 10.3. The smallest absolute Gasteiger partial charge is 0.256 e. The molecule has 0 aliphatic rings. The Balaban J connectivity index is 2.01. The molecule has 0 spiro atoms. The second-order valence-electron chi connectivity index (χ2n) is 5.97. The fourth-order valence-electron chi connectivity index (χ4n) is 2.86. The molecule has 2 aromatic heterocycles. The van der Waals surface area contributed by atoms with Crippen LogP contribution in [0.1, 0.15) is 46.2 Å². The molecule has 1 N–H and O–H groups in total. The maximum absolute atomic E-state index is 12.3. The van der Waals surface area contributed by atoms with Crippen LogP contribution in [-0.2, 0) is 6.42 Å². The average molecular weight is 322 g/mol. The Morgan fingerprint density at radius 3 is 2.67 bits per heavy atom. The molecule has 0 fully saturated rings. The van der Waals surface area contributed by atoms with Gasteiger partial charge in [0.15, 0.2) is 5.65 Å². The molecule has 0 saturated heterocycles. The van der Waals surface area contributed by atoms with Crippen LogP contribution < -0.4 is 5.32 Å². The summed E-state index contributed by atoms with van der Waals surface area (Å²) in [6.07, 6.45) is 3.31. The minimum atomic E-state index is -0.117. The van der Waals surface area contributed by atoms with E-state index in [2.05, 4.69) is 27.5 Å². The SMILES string of the molecule is CCCNC(=O)c1cnn2c(C)c(Cc3ccccc3)c(C)nc12. The first-order chi connectivity index (χ1) is 11.6. The standard InChI is InChI=1S/C19H22N4O/c1-4-10-20-19(24)17-12-21-23-14(3)16(13(2)22-18(17)23)11-15-8-6-5-7-9-15/h5-9,12H,4,10-11H2,1-3H3,(H,20,24). The number of hydrogen-bond acceptors (Lipinski definition) is 3. The number of rotatable bonds is 5. The Bertz CT molecular complexity index is 868. The third-order valence-corrected chi connectivity index (χ3v) is 4.21. The van der Waals surface area contributed by atoms with Gasteiger partial charge in [0.2, 0.25) is 0 Å². The predicted octanol–water partition coefficient (Wildman–Crippen LogP) is 3.08. The summed E-state index contributed by atoms with van der Waals surface area (Å²) in [5.41, 5.74) is 5.50. The van der Waals surface area contributed by atoms with Crippen LogP contribution in [0.2, 0.25) is 0 Å². The molecule has 0 aliphatic heterocycles. The largest absolute Gasteiger partial charge is 0.352 e. The van der Waals surface area contributed by atoms with Crippen LogP contribution in [-0.4, -0.2) is 27.0 Å². The lowest BCUT2D eigenvalue weighted by Crippen LogP contribution is -2.24. The molecule has 1 amide bonds. The van der Waals surface area contributed by atoms with Crippen molar-refractivity contribution in [2.24, 2.45) is 0 Å². The molecule has 24 heavy (non-hydrogen) atoms. The van der Waals surface area contributed by atoms with E-state index < -0.39 is 0 Å². The first-order valence-electron chi connectivity index (χ1n) is 8.27.